The first-order chi connectivity index (χ1) is 12.2. The number of sulfonamides is 1. The second-order valence-electron chi connectivity index (χ2n) is 5.92. The van der Waals surface area contributed by atoms with Gasteiger partial charge in [-0.15, -0.1) is 0 Å². The van der Waals surface area contributed by atoms with Crippen LogP contribution >= 0.6 is 0 Å². The fourth-order valence-electron chi connectivity index (χ4n) is 2.60. The van der Waals surface area contributed by atoms with Gasteiger partial charge in [-0.3, -0.25) is 4.79 Å². The van der Waals surface area contributed by atoms with Gasteiger partial charge < -0.3 is 15.0 Å². The zero-order valence-corrected chi connectivity index (χ0v) is 14.7. The number of benzene rings is 2. The van der Waals surface area contributed by atoms with E-state index in [1.807, 2.05) is 13.0 Å². The molecule has 0 unspecified atom stereocenters. The average Bonchev–Trinajstić information content (AvgIpc) is 2.53. The lowest BCUT2D eigenvalue weighted by Crippen LogP contribution is -2.41. The molecule has 0 aliphatic carbocycles. The zero-order chi connectivity index (χ0) is 18.9. The first-order valence-electron chi connectivity index (χ1n) is 7.71. The van der Waals surface area contributed by atoms with Crippen LogP contribution in [0.2, 0.25) is 0 Å². The molecule has 0 atom stereocenters. The Kier molecular flexibility index (Phi) is 4.66. The highest BCUT2D eigenvalue weighted by atomic mass is 32.2. The van der Waals surface area contributed by atoms with Crippen LogP contribution in [-0.4, -0.2) is 33.4 Å². The number of amides is 1. The number of ether oxygens (including phenoxy) is 1. The van der Waals surface area contributed by atoms with Crippen molar-refractivity contribution in [3.8, 4) is 5.75 Å². The molecular formula is C17H17N3O5S. The molecule has 0 saturated carbocycles. The molecule has 0 radical (unpaired) electrons. The number of nitrogens with two attached hydrogens (primary N) is 1. The number of nitrogens with one attached hydrogen (secondary N) is 1. The summed E-state index contributed by atoms with van der Waals surface area (Å²) < 4.78 is 27.7. The zero-order valence-electron chi connectivity index (χ0n) is 13.9. The molecule has 2 aromatic carbocycles. The van der Waals surface area contributed by atoms with E-state index >= 15 is 0 Å². The quantitative estimate of drug-likeness (QED) is 0.608. The van der Waals surface area contributed by atoms with Crippen LogP contribution in [0.4, 0.5) is 11.4 Å². The van der Waals surface area contributed by atoms with Gasteiger partial charge in [-0.1, -0.05) is 6.07 Å². The summed E-state index contributed by atoms with van der Waals surface area (Å²) in [7, 11) is -3.79. The molecule has 1 amide bonds. The van der Waals surface area contributed by atoms with Crippen molar-refractivity contribution < 1.29 is 22.7 Å². The summed E-state index contributed by atoms with van der Waals surface area (Å²) in [5, 5.41) is 7.69. The highest BCUT2D eigenvalue weighted by molar-refractivity contribution is 7.89. The molecule has 136 valence electrons. The third-order valence-corrected chi connectivity index (χ3v) is 4.73. The maximum atomic E-state index is 12.3. The fraction of sp³-hybridized carbons (Fsp3) is 0.176. The molecule has 0 bridgehead atoms. The first kappa shape index (κ1) is 17.9. The van der Waals surface area contributed by atoms with Crippen molar-refractivity contribution in [2.75, 3.05) is 23.3 Å². The monoisotopic (exact) mass is 375 g/mol. The number of carbonyl (C=O) groups is 2. The van der Waals surface area contributed by atoms with Gasteiger partial charge >= 0.3 is 5.97 Å². The van der Waals surface area contributed by atoms with Gasteiger partial charge in [0, 0.05) is 5.69 Å². The summed E-state index contributed by atoms with van der Waals surface area (Å²) in [6.07, 6.45) is 0. The second-order valence-corrected chi connectivity index (χ2v) is 7.48. The number of hydrogen-bond acceptors (Lipinski definition) is 6. The van der Waals surface area contributed by atoms with Gasteiger partial charge in [-0.05, 0) is 48.9 Å². The minimum Gasteiger partial charge on any atom is -0.423 e. The number of carbonyl (C=O) groups excluding carboxylic acids is 2. The van der Waals surface area contributed by atoms with Crippen LogP contribution in [0.3, 0.4) is 0 Å². The van der Waals surface area contributed by atoms with Crippen LogP contribution in [0.5, 0.6) is 5.75 Å². The standard InChI is InChI=1S/C17H17N3O5S/c1-11-2-7-14-15(8-11)25-17(22)10-20(14)9-16(21)19-12-3-5-13(6-4-12)26(18,23)24/h2-8H,9-10H2,1H3,(H,19,21)(H2,18,23,24). The Hall–Kier alpha value is -2.91. The number of primary sulfonamides is 1. The van der Waals surface area contributed by atoms with Crippen LogP contribution < -0.4 is 20.1 Å². The van der Waals surface area contributed by atoms with Crippen LogP contribution in [-0.2, 0) is 19.6 Å². The van der Waals surface area contributed by atoms with E-state index in [2.05, 4.69) is 5.32 Å². The molecule has 3 rings (SSSR count). The Bertz CT molecular complexity index is 970. The number of rotatable bonds is 4. The number of hydrogen-bond donors (Lipinski definition) is 2. The lowest BCUT2D eigenvalue weighted by atomic mass is 10.1. The summed E-state index contributed by atoms with van der Waals surface area (Å²) in [6, 6.07) is 10.9. The SMILES string of the molecule is Cc1ccc2c(c1)OC(=O)CN2CC(=O)Nc1ccc(S(N)(=O)=O)cc1. The third kappa shape index (κ3) is 4.01. The van der Waals surface area contributed by atoms with E-state index in [1.54, 1.807) is 17.0 Å². The minimum atomic E-state index is -3.79. The Morgan fingerprint density at radius 2 is 1.92 bits per heavy atom. The molecule has 1 heterocycles. The second kappa shape index (κ2) is 6.77. The summed E-state index contributed by atoms with van der Waals surface area (Å²) >= 11 is 0. The number of nitrogens with zero attached hydrogens (tertiary/aromatic N) is 1. The van der Waals surface area contributed by atoms with Crippen molar-refractivity contribution in [2.45, 2.75) is 11.8 Å². The van der Waals surface area contributed by atoms with Crippen molar-refractivity contribution in [1.82, 2.24) is 0 Å². The molecule has 0 aromatic heterocycles. The molecule has 0 spiro atoms. The Morgan fingerprint density at radius 1 is 1.23 bits per heavy atom. The van der Waals surface area contributed by atoms with E-state index in [4.69, 9.17) is 9.88 Å². The normalized spacial score (nSPS) is 13.8. The Labute approximate surface area is 150 Å². The number of fused-ring (bicyclic) bond motifs is 1. The highest BCUT2D eigenvalue weighted by Crippen LogP contribution is 2.32. The van der Waals surface area contributed by atoms with E-state index in [9.17, 15) is 18.0 Å². The van der Waals surface area contributed by atoms with E-state index in [-0.39, 0.29) is 23.9 Å². The van der Waals surface area contributed by atoms with Gasteiger partial charge in [-0.25, -0.2) is 18.4 Å². The number of esters is 1. The van der Waals surface area contributed by atoms with E-state index in [0.717, 1.165) is 5.56 Å². The maximum absolute atomic E-state index is 12.3. The van der Waals surface area contributed by atoms with E-state index in [1.165, 1.54) is 24.3 Å². The van der Waals surface area contributed by atoms with Crippen molar-refractivity contribution in [1.29, 1.82) is 0 Å². The fourth-order valence-corrected chi connectivity index (χ4v) is 3.12. The van der Waals surface area contributed by atoms with E-state index < -0.39 is 16.0 Å². The highest BCUT2D eigenvalue weighted by Gasteiger charge is 2.25. The van der Waals surface area contributed by atoms with Crippen LogP contribution in [0.1, 0.15) is 5.56 Å². The molecule has 8 nitrogen and oxygen atoms in total. The predicted molar refractivity (Wildman–Crippen MR) is 95.5 cm³/mol. The molecule has 9 heteroatoms. The van der Waals surface area contributed by atoms with Gasteiger partial charge in [0.05, 0.1) is 17.1 Å². The number of aryl methyl sites for hydroxylation is 1. The van der Waals surface area contributed by atoms with Crippen molar-refractivity contribution in [2.24, 2.45) is 5.14 Å². The van der Waals surface area contributed by atoms with Crippen LogP contribution in [0, 0.1) is 6.92 Å². The topological polar surface area (TPSA) is 119 Å². The summed E-state index contributed by atoms with van der Waals surface area (Å²) in [5.74, 6) is -0.366. The number of anilines is 2. The van der Waals surface area contributed by atoms with Gasteiger partial charge in [-0.2, -0.15) is 0 Å². The Morgan fingerprint density at radius 3 is 2.58 bits per heavy atom. The molecule has 0 saturated heterocycles. The lowest BCUT2D eigenvalue weighted by Gasteiger charge is -2.29. The predicted octanol–water partition coefficient (Wildman–Crippen LogP) is 1.01. The van der Waals surface area contributed by atoms with Gasteiger partial charge in [0.1, 0.15) is 6.54 Å². The molecule has 2 aromatic rings. The molecule has 26 heavy (non-hydrogen) atoms. The van der Waals surface area contributed by atoms with Gasteiger partial charge in [0.2, 0.25) is 15.9 Å². The summed E-state index contributed by atoms with van der Waals surface area (Å²) in [4.78, 5) is 25.6. The largest absolute Gasteiger partial charge is 0.423 e. The molecule has 3 N–H and O–H groups in total. The minimum absolute atomic E-state index is 0.0339. The van der Waals surface area contributed by atoms with Crippen molar-refractivity contribution >= 4 is 33.3 Å². The van der Waals surface area contributed by atoms with Crippen molar-refractivity contribution in [3.63, 3.8) is 0 Å². The Balaban J connectivity index is 1.72. The summed E-state index contributed by atoms with van der Waals surface area (Å²) in [5.41, 5.74) is 2.03. The average molecular weight is 375 g/mol. The lowest BCUT2D eigenvalue weighted by molar-refractivity contribution is -0.133. The molecular weight excluding hydrogens is 358 g/mol. The summed E-state index contributed by atoms with van der Waals surface area (Å²) in [6.45, 7) is 1.79. The van der Waals surface area contributed by atoms with E-state index in [0.29, 0.717) is 17.1 Å². The van der Waals surface area contributed by atoms with Crippen molar-refractivity contribution in [3.05, 3.63) is 48.0 Å². The smallest absolute Gasteiger partial charge is 0.331 e. The molecule has 1 aliphatic heterocycles. The van der Waals surface area contributed by atoms with Gasteiger partial charge in [0.25, 0.3) is 0 Å². The van der Waals surface area contributed by atoms with Gasteiger partial charge in [0.15, 0.2) is 5.75 Å². The van der Waals surface area contributed by atoms with Crippen LogP contribution in [0.15, 0.2) is 47.4 Å². The third-order valence-electron chi connectivity index (χ3n) is 3.80. The first-order valence-corrected chi connectivity index (χ1v) is 9.26. The molecule has 1 aliphatic rings. The molecule has 0 fully saturated rings. The van der Waals surface area contributed by atoms with Crippen LogP contribution in [0.25, 0.3) is 0 Å². The maximum Gasteiger partial charge on any atom is 0.331 e.